The maximum atomic E-state index is 6.11. The van der Waals surface area contributed by atoms with E-state index in [1.165, 1.54) is 19.4 Å². The Kier molecular flexibility index (Phi) is 7.66. The van der Waals surface area contributed by atoms with Gasteiger partial charge in [-0.2, -0.15) is 0 Å². The van der Waals surface area contributed by atoms with E-state index in [1.807, 2.05) is 18.2 Å². The predicted octanol–water partition coefficient (Wildman–Crippen LogP) is 3.73. The number of guanidine groups is 1. The van der Waals surface area contributed by atoms with E-state index in [1.54, 1.807) is 0 Å². The number of nitrogens with one attached hydrogen (secondary N) is 1. The smallest absolute Gasteiger partial charge is 0.193 e. The molecule has 0 aromatic heterocycles. The largest absolute Gasteiger partial charge is 0.357 e. The molecule has 1 aliphatic rings. The molecule has 1 aromatic rings. The molecule has 1 fully saturated rings. The maximum Gasteiger partial charge on any atom is 0.193 e. The standard InChI is InChI=1S/C18H28Cl2N4/c1-4-21-18(22-11-15-6-5-9-23(2)12-15)24(3)13-14-7-8-16(19)17(20)10-14/h7-8,10,15H,4-6,9,11-13H2,1-3H3,(H,21,22). The topological polar surface area (TPSA) is 30.9 Å². The molecule has 1 aliphatic heterocycles. The number of hydrogen-bond donors (Lipinski definition) is 1. The summed E-state index contributed by atoms with van der Waals surface area (Å²) in [5.74, 6) is 1.59. The Morgan fingerprint density at radius 2 is 2.17 bits per heavy atom. The fourth-order valence-corrected chi connectivity index (χ4v) is 3.41. The first-order valence-electron chi connectivity index (χ1n) is 8.61. The number of rotatable bonds is 5. The number of aliphatic imine (C=N–C) groups is 1. The first-order valence-corrected chi connectivity index (χ1v) is 9.37. The van der Waals surface area contributed by atoms with Crippen LogP contribution in [0.4, 0.5) is 0 Å². The van der Waals surface area contributed by atoms with Gasteiger partial charge in [0.25, 0.3) is 0 Å². The van der Waals surface area contributed by atoms with Crippen molar-refractivity contribution in [1.29, 1.82) is 0 Å². The van der Waals surface area contributed by atoms with Gasteiger partial charge in [0.05, 0.1) is 10.0 Å². The molecule has 2 rings (SSSR count). The zero-order chi connectivity index (χ0) is 17.5. The van der Waals surface area contributed by atoms with Crippen molar-refractivity contribution < 1.29 is 0 Å². The van der Waals surface area contributed by atoms with Crippen LogP contribution < -0.4 is 5.32 Å². The van der Waals surface area contributed by atoms with Gasteiger partial charge >= 0.3 is 0 Å². The minimum absolute atomic E-state index is 0.588. The lowest BCUT2D eigenvalue weighted by Gasteiger charge is -2.29. The summed E-state index contributed by atoms with van der Waals surface area (Å²) in [6.45, 7) is 6.91. The van der Waals surface area contributed by atoms with E-state index < -0.39 is 0 Å². The number of halogens is 2. The van der Waals surface area contributed by atoms with Crippen molar-refractivity contribution in [2.24, 2.45) is 10.9 Å². The van der Waals surface area contributed by atoms with Gasteiger partial charge in [-0.25, -0.2) is 0 Å². The summed E-state index contributed by atoms with van der Waals surface area (Å²) in [5, 5.41) is 4.56. The minimum atomic E-state index is 0.588. The van der Waals surface area contributed by atoms with E-state index in [4.69, 9.17) is 28.2 Å². The van der Waals surface area contributed by atoms with Crippen LogP contribution in [0.2, 0.25) is 10.0 Å². The van der Waals surface area contributed by atoms with Crippen LogP contribution in [0.5, 0.6) is 0 Å². The molecule has 1 saturated heterocycles. The first-order chi connectivity index (χ1) is 11.5. The highest BCUT2D eigenvalue weighted by atomic mass is 35.5. The lowest BCUT2D eigenvalue weighted by Crippen LogP contribution is -2.39. The average Bonchev–Trinajstić information content (AvgIpc) is 2.55. The second-order valence-electron chi connectivity index (χ2n) is 6.57. The van der Waals surface area contributed by atoms with Crippen LogP contribution in [0, 0.1) is 5.92 Å². The van der Waals surface area contributed by atoms with E-state index in [0.29, 0.717) is 16.0 Å². The second kappa shape index (κ2) is 9.50. The highest BCUT2D eigenvalue weighted by Crippen LogP contribution is 2.23. The quantitative estimate of drug-likeness (QED) is 0.632. The van der Waals surface area contributed by atoms with Gasteiger partial charge in [0, 0.05) is 33.2 Å². The number of benzene rings is 1. The molecule has 1 atom stereocenters. The van der Waals surface area contributed by atoms with Crippen LogP contribution in [0.15, 0.2) is 23.2 Å². The summed E-state index contributed by atoms with van der Waals surface area (Å²) in [6.07, 6.45) is 2.54. The van der Waals surface area contributed by atoms with Crippen molar-refractivity contribution >= 4 is 29.2 Å². The molecule has 0 bridgehead atoms. The number of hydrogen-bond acceptors (Lipinski definition) is 2. The minimum Gasteiger partial charge on any atom is -0.357 e. The molecular weight excluding hydrogens is 343 g/mol. The Balaban J connectivity index is 1.99. The third-order valence-corrected chi connectivity index (χ3v) is 5.06. The summed E-state index contributed by atoms with van der Waals surface area (Å²) in [6, 6.07) is 5.76. The summed E-state index contributed by atoms with van der Waals surface area (Å²) in [5.41, 5.74) is 1.12. The van der Waals surface area contributed by atoms with Crippen molar-refractivity contribution in [2.75, 3.05) is 40.3 Å². The molecule has 1 unspecified atom stereocenters. The highest BCUT2D eigenvalue weighted by Gasteiger charge is 2.17. The van der Waals surface area contributed by atoms with Crippen LogP contribution in [0.3, 0.4) is 0 Å². The molecule has 0 spiro atoms. The summed E-state index contributed by atoms with van der Waals surface area (Å²) >= 11 is 12.1. The number of likely N-dealkylation sites (tertiary alicyclic amines) is 1. The van der Waals surface area contributed by atoms with Gasteiger partial charge in [0.2, 0.25) is 0 Å². The molecule has 0 radical (unpaired) electrons. The molecule has 24 heavy (non-hydrogen) atoms. The lowest BCUT2D eigenvalue weighted by molar-refractivity contribution is 0.214. The van der Waals surface area contributed by atoms with Gasteiger partial charge in [-0.1, -0.05) is 29.3 Å². The van der Waals surface area contributed by atoms with Crippen LogP contribution in [-0.2, 0) is 6.54 Å². The van der Waals surface area contributed by atoms with Crippen molar-refractivity contribution in [1.82, 2.24) is 15.1 Å². The van der Waals surface area contributed by atoms with E-state index >= 15 is 0 Å². The van der Waals surface area contributed by atoms with Crippen LogP contribution in [0.1, 0.15) is 25.3 Å². The molecule has 134 valence electrons. The summed E-state index contributed by atoms with van der Waals surface area (Å²) < 4.78 is 0. The molecule has 1 N–H and O–H groups in total. The van der Waals surface area contributed by atoms with Gasteiger partial charge in [0.1, 0.15) is 0 Å². The summed E-state index contributed by atoms with van der Waals surface area (Å²) in [7, 11) is 4.24. The monoisotopic (exact) mass is 370 g/mol. The Morgan fingerprint density at radius 3 is 2.83 bits per heavy atom. The van der Waals surface area contributed by atoms with Crippen molar-refractivity contribution in [2.45, 2.75) is 26.3 Å². The Labute approximate surface area is 155 Å². The van der Waals surface area contributed by atoms with Crippen molar-refractivity contribution in [3.05, 3.63) is 33.8 Å². The SMILES string of the molecule is CCNC(=NCC1CCCN(C)C1)N(C)Cc1ccc(Cl)c(Cl)c1. The van der Waals surface area contributed by atoms with Gasteiger partial charge in [-0.3, -0.25) is 4.99 Å². The first kappa shape index (κ1) is 19.4. The Hall–Kier alpha value is -0.970. The molecular formula is C18H28Cl2N4. The molecule has 0 aliphatic carbocycles. The van der Waals surface area contributed by atoms with Crippen LogP contribution in [0.25, 0.3) is 0 Å². The highest BCUT2D eigenvalue weighted by molar-refractivity contribution is 6.42. The third-order valence-electron chi connectivity index (χ3n) is 4.32. The third kappa shape index (κ3) is 5.83. The van der Waals surface area contributed by atoms with E-state index in [9.17, 15) is 0 Å². The van der Waals surface area contributed by atoms with E-state index in [0.717, 1.165) is 37.7 Å². The maximum absolute atomic E-state index is 6.11. The molecule has 1 heterocycles. The zero-order valence-electron chi connectivity index (χ0n) is 14.9. The number of nitrogens with zero attached hydrogens (tertiary/aromatic N) is 3. The fourth-order valence-electron chi connectivity index (χ4n) is 3.09. The Bertz CT molecular complexity index is 562. The fraction of sp³-hybridized carbons (Fsp3) is 0.611. The second-order valence-corrected chi connectivity index (χ2v) is 7.38. The van der Waals surface area contributed by atoms with Gasteiger partial charge in [-0.05, 0) is 57.0 Å². The zero-order valence-corrected chi connectivity index (χ0v) is 16.4. The van der Waals surface area contributed by atoms with Gasteiger partial charge < -0.3 is 15.1 Å². The molecule has 6 heteroatoms. The molecule has 0 saturated carbocycles. The Morgan fingerprint density at radius 1 is 1.38 bits per heavy atom. The van der Waals surface area contributed by atoms with E-state index in [-0.39, 0.29) is 0 Å². The molecule has 0 amide bonds. The lowest BCUT2D eigenvalue weighted by atomic mass is 9.99. The molecule has 1 aromatic carbocycles. The van der Waals surface area contributed by atoms with Crippen molar-refractivity contribution in [3.63, 3.8) is 0 Å². The van der Waals surface area contributed by atoms with Gasteiger partial charge in [-0.15, -0.1) is 0 Å². The average molecular weight is 371 g/mol. The van der Waals surface area contributed by atoms with E-state index in [2.05, 4.69) is 36.1 Å². The summed E-state index contributed by atoms with van der Waals surface area (Å²) in [4.78, 5) is 9.39. The number of piperidine rings is 1. The van der Waals surface area contributed by atoms with Crippen LogP contribution in [-0.4, -0.2) is 56.0 Å². The van der Waals surface area contributed by atoms with Gasteiger partial charge in [0.15, 0.2) is 5.96 Å². The normalized spacial score (nSPS) is 19.4. The van der Waals surface area contributed by atoms with Crippen molar-refractivity contribution in [3.8, 4) is 0 Å². The van der Waals surface area contributed by atoms with Crippen LogP contribution >= 0.6 is 23.2 Å². The predicted molar refractivity (Wildman–Crippen MR) is 104 cm³/mol. The molecule has 4 nitrogen and oxygen atoms in total.